The highest BCUT2D eigenvalue weighted by Crippen LogP contribution is 2.32. The van der Waals surface area contributed by atoms with Crippen molar-refractivity contribution in [2.45, 2.75) is 77.1 Å². The molecule has 4 unspecified atom stereocenters. The second-order valence-electron chi connectivity index (χ2n) is 9.74. The van der Waals surface area contributed by atoms with Gasteiger partial charge in [-0.25, -0.2) is 4.79 Å². The van der Waals surface area contributed by atoms with Gasteiger partial charge in [0.1, 0.15) is 0 Å². The Morgan fingerprint density at radius 3 is 2.71 bits per heavy atom. The molecule has 0 bridgehead atoms. The van der Waals surface area contributed by atoms with Crippen LogP contribution >= 0.6 is 0 Å². The fourth-order valence-corrected chi connectivity index (χ4v) is 6.04. The van der Waals surface area contributed by atoms with Crippen LogP contribution in [0.5, 0.6) is 0 Å². The van der Waals surface area contributed by atoms with Crippen molar-refractivity contribution in [2.24, 2.45) is 5.92 Å². The SMILES string of the molecule is CCC(C(=O)O)C1CC(OC)CN1C(=O)N1CCCC1CCc1cc2ccc(C#N)cc2n1CC. The first-order chi connectivity index (χ1) is 16.9. The maximum absolute atomic E-state index is 13.7. The second kappa shape index (κ2) is 10.7. The van der Waals surface area contributed by atoms with Crippen molar-refractivity contribution < 1.29 is 19.4 Å². The largest absolute Gasteiger partial charge is 0.481 e. The van der Waals surface area contributed by atoms with Gasteiger partial charge in [0.2, 0.25) is 0 Å². The van der Waals surface area contributed by atoms with E-state index in [0.29, 0.717) is 31.5 Å². The monoisotopic (exact) mass is 480 g/mol. The summed E-state index contributed by atoms with van der Waals surface area (Å²) in [4.78, 5) is 29.3. The lowest BCUT2D eigenvalue weighted by Gasteiger charge is -2.34. The molecule has 4 rings (SSSR count). The molecule has 35 heavy (non-hydrogen) atoms. The summed E-state index contributed by atoms with van der Waals surface area (Å²) in [6.07, 6.45) is 4.54. The Kier molecular flexibility index (Phi) is 7.66. The van der Waals surface area contributed by atoms with Crippen LogP contribution < -0.4 is 0 Å². The van der Waals surface area contributed by atoms with Gasteiger partial charge in [0.25, 0.3) is 0 Å². The fraction of sp³-hybridized carbons (Fsp3) is 0.593. The topological polar surface area (TPSA) is 98.8 Å². The van der Waals surface area contributed by atoms with Crippen molar-refractivity contribution in [3.63, 3.8) is 0 Å². The van der Waals surface area contributed by atoms with Gasteiger partial charge < -0.3 is 24.2 Å². The molecule has 3 heterocycles. The molecule has 2 amide bonds. The van der Waals surface area contributed by atoms with Crippen LogP contribution in [0.2, 0.25) is 0 Å². The van der Waals surface area contributed by atoms with Crippen molar-refractivity contribution in [2.75, 3.05) is 20.2 Å². The number of carboxylic acid groups (broad SMARTS) is 1. The van der Waals surface area contributed by atoms with Crippen LogP contribution in [0.4, 0.5) is 4.79 Å². The lowest BCUT2D eigenvalue weighted by atomic mass is 9.94. The number of carbonyl (C=O) groups excluding carboxylic acids is 1. The zero-order valence-corrected chi connectivity index (χ0v) is 20.9. The second-order valence-corrected chi connectivity index (χ2v) is 9.74. The molecule has 1 aromatic carbocycles. The van der Waals surface area contributed by atoms with Crippen LogP contribution in [-0.2, 0) is 22.5 Å². The standard InChI is InChI=1S/C27H36N4O4/c1-4-23(26(32)33)25-15-22(35-3)17-31(25)27(34)30-12-6-7-20(30)10-11-21-14-19-9-8-18(16-28)13-24(19)29(21)5-2/h8-9,13-14,20,22-23,25H,4-7,10-12,15,17H2,1-3H3,(H,32,33). The molecule has 2 aliphatic heterocycles. The Morgan fingerprint density at radius 1 is 1.26 bits per heavy atom. The van der Waals surface area contributed by atoms with E-state index in [9.17, 15) is 20.0 Å². The quantitative estimate of drug-likeness (QED) is 0.609. The molecule has 2 saturated heterocycles. The number of carbonyl (C=O) groups is 2. The molecule has 1 aromatic heterocycles. The lowest BCUT2D eigenvalue weighted by molar-refractivity contribution is -0.143. The van der Waals surface area contributed by atoms with Gasteiger partial charge in [-0.3, -0.25) is 4.79 Å². The average Bonchev–Trinajstić information content (AvgIpc) is 3.58. The van der Waals surface area contributed by atoms with Gasteiger partial charge in [-0.15, -0.1) is 0 Å². The van der Waals surface area contributed by atoms with E-state index in [1.165, 1.54) is 5.69 Å². The van der Waals surface area contributed by atoms with Crippen molar-refractivity contribution in [1.82, 2.24) is 14.4 Å². The summed E-state index contributed by atoms with van der Waals surface area (Å²) in [5, 5.41) is 20.2. The predicted octanol–water partition coefficient (Wildman–Crippen LogP) is 4.25. The van der Waals surface area contributed by atoms with E-state index >= 15 is 0 Å². The summed E-state index contributed by atoms with van der Waals surface area (Å²) < 4.78 is 7.79. The lowest BCUT2D eigenvalue weighted by Crippen LogP contribution is -2.50. The smallest absolute Gasteiger partial charge is 0.320 e. The zero-order chi connectivity index (χ0) is 25.1. The first-order valence-corrected chi connectivity index (χ1v) is 12.8. The fourth-order valence-electron chi connectivity index (χ4n) is 6.04. The number of urea groups is 1. The molecule has 2 aliphatic rings. The minimum absolute atomic E-state index is 0.0496. The first kappa shape index (κ1) is 25.1. The number of fused-ring (bicyclic) bond motifs is 1. The molecule has 1 N–H and O–H groups in total. The van der Waals surface area contributed by atoms with Crippen molar-refractivity contribution in [3.8, 4) is 6.07 Å². The average molecular weight is 481 g/mol. The minimum Gasteiger partial charge on any atom is -0.481 e. The summed E-state index contributed by atoms with van der Waals surface area (Å²) in [5.74, 6) is -1.43. The van der Waals surface area contributed by atoms with Gasteiger partial charge in [-0.2, -0.15) is 5.26 Å². The van der Waals surface area contributed by atoms with Crippen LogP contribution in [0, 0.1) is 17.2 Å². The first-order valence-electron chi connectivity index (χ1n) is 12.8. The minimum atomic E-state index is -0.850. The summed E-state index contributed by atoms with van der Waals surface area (Å²) in [6.45, 7) is 5.95. The number of ether oxygens (including phenoxy) is 1. The molecule has 0 aliphatic carbocycles. The Labute approximate surface area is 207 Å². The maximum Gasteiger partial charge on any atom is 0.320 e. The van der Waals surface area contributed by atoms with E-state index in [2.05, 4.69) is 23.6 Å². The number of aliphatic carboxylic acids is 1. The number of methoxy groups -OCH3 is 1. The number of nitrogens with zero attached hydrogens (tertiary/aromatic N) is 4. The number of carboxylic acids is 1. The highest BCUT2D eigenvalue weighted by Gasteiger charge is 2.44. The van der Waals surface area contributed by atoms with Crippen molar-refractivity contribution in [1.29, 1.82) is 5.26 Å². The Morgan fingerprint density at radius 2 is 2.06 bits per heavy atom. The van der Waals surface area contributed by atoms with E-state index in [0.717, 1.165) is 43.1 Å². The molecule has 4 atom stereocenters. The van der Waals surface area contributed by atoms with Gasteiger partial charge in [0, 0.05) is 50.0 Å². The molecule has 2 aromatic rings. The molecule has 188 valence electrons. The third kappa shape index (κ3) is 4.87. The molecular formula is C27H36N4O4. The number of aryl methyl sites for hydroxylation is 2. The Bertz CT molecular complexity index is 1120. The Hall–Kier alpha value is -3.05. The normalized spacial score (nSPS) is 23.1. The maximum atomic E-state index is 13.7. The van der Waals surface area contributed by atoms with E-state index in [-0.39, 0.29) is 24.2 Å². The molecule has 2 fully saturated rings. The number of hydrogen-bond donors (Lipinski definition) is 1. The molecule has 8 heteroatoms. The van der Waals surface area contributed by atoms with E-state index < -0.39 is 11.9 Å². The number of nitriles is 1. The summed E-state index contributed by atoms with van der Waals surface area (Å²) in [5.41, 5.74) is 2.95. The third-order valence-corrected chi connectivity index (χ3v) is 7.90. The highest BCUT2D eigenvalue weighted by atomic mass is 16.5. The van der Waals surface area contributed by atoms with Gasteiger partial charge in [-0.05, 0) is 69.0 Å². The molecule has 8 nitrogen and oxygen atoms in total. The van der Waals surface area contributed by atoms with Gasteiger partial charge in [0.05, 0.1) is 23.7 Å². The summed E-state index contributed by atoms with van der Waals surface area (Å²) in [7, 11) is 1.63. The number of benzene rings is 1. The third-order valence-electron chi connectivity index (χ3n) is 7.90. The van der Waals surface area contributed by atoms with Crippen LogP contribution in [0.25, 0.3) is 10.9 Å². The van der Waals surface area contributed by atoms with Gasteiger partial charge in [-0.1, -0.05) is 13.0 Å². The van der Waals surface area contributed by atoms with Gasteiger partial charge >= 0.3 is 12.0 Å². The number of rotatable bonds is 8. The van der Waals surface area contributed by atoms with Crippen LogP contribution in [0.1, 0.15) is 57.2 Å². The van der Waals surface area contributed by atoms with E-state index in [1.54, 1.807) is 12.0 Å². The molecule has 0 spiro atoms. The summed E-state index contributed by atoms with van der Waals surface area (Å²) in [6, 6.07) is 9.96. The zero-order valence-electron chi connectivity index (χ0n) is 20.9. The molecule has 0 radical (unpaired) electrons. The van der Waals surface area contributed by atoms with Crippen LogP contribution in [-0.4, -0.2) is 69.9 Å². The Balaban J connectivity index is 1.50. The number of aromatic nitrogens is 1. The number of amides is 2. The van der Waals surface area contributed by atoms with E-state index in [4.69, 9.17) is 4.74 Å². The van der Waals surface area contributed by atoms with Crippen molar-refractivity contribution >= 4 is 22.9 Å². The number of hydrogen-bond acceptors (Lipinski definition) is 4. The van der Waals surface area contributed by atoms with Gasteiger partial charge in [0.15, 0.2) is 0 Å². The molecule has 0 saturated carbocycles. The van der Waals surface area contributed by atoms with Crippen LogP contribution in [0.3, 0.4) is 0 Å². The number of likely N-dealkylation sites (tertiary alicyclic amines) is 2. The van der Waals surface area contributed by atoms with E-state index in [1.807, 2.05) is 30.0 Å². The summed E-state index contributed by atoms with van der Waals surface area (Å²) >= 11 is 0. The highest BCUT2D eigenvalue weighted by molar-refractivity contribution is 5.83. The molecular weight excluding hydrogens is 444 g/mol. The van der Waals surface area contributed by atoms with Crippen LogP contribution in [0.15, 0.2) is 24.3 Å². The van der Waals surface area contributed by atoms with Crippen molar-refractivity contribution in [3.05, 3.63) is 35.5 Å². The predicted molar refractivity (Wildman–Crippen MR) is 133 cm³/mol.